The summed E-state index contributed by atoms with van der Waals surface area (Å²) in [5.74, 6) is 7.19. The van der Waals surface area contributed by atoms with Crippen molar-refractivity contribution in [1.29, 1.82) is 0 Å². The summed E-state index contributed by atoms with van der Waals surface area (Å²) in [6, 6.07) is 10.1. The van der Waals surface area contributed by atoms with Gasteiger partial charge in [-0.2, -0.15) is 0 Å². The highest BCUT2D eigenvalue weighted by Crippen LogP contribution is 2.29. The number of nitrogens with zero attached hydrogens (tertiary/aromatic N) is 4. The SMILES string of the molecule is COc1ccccc1-c1nnc(S/C=C/c2ccc([N+](=O)[O-])o2)n1N. The van der Waals surface area contributed by atoms with Crippen molar-refractivity contribution in [3.05, 3.63) is 57.7 Å². The first-order valence-electron chi connectivity index (χ1n) is 7.01. The molecule has 0 atom stereocenters. The minimum Gasteiger partial charge on any atom is -0.496 e. The van der Waals surface area contributed by atoms with Crippen LogP contribution in [0.3, 0.4) is 0 Å². The highest BCUT2D eigenvalue weighted by Gasteiger charge is 2.15. The molecule has 2 heterocycles. The largest absolute Gasteiger partial charge is 0.496 e. The number of nitrogen functional groups attached to an aromatic ring is 1. The number of aromatic nitrogens is 3. The van der Waals surface area contributed by atoms with E-state index in [0.29, 0.717) is 22.5 Å². The van der Waals surface area contributed by atoms with E-state index in [2.05, 4.69) is 10.2 Å². The fraction of sp³-hybridized carbons (Fsp3) is 0.0667. The molecule has 0 aliphatic heterocycles. The highest BCUT2D eigenvalue weighted by atomic mass is 32.2. The number of methoxy groups -OCH3 is 1. The normalized spacial score (nSPS) is 11.1. The second-order valence-corrected chi connectivity index (χ2v) is 5.60. The molecule has 0 unspecified atom stereocenters. The van der Waals surface area contributed by atoms with Crippen molar-refractivity contribution < 1.29 is 14.1 Å². The molecule has 2 aromatic heterocycles. The molecular weight excluding hydrogens is 346 g/mol. The summed E-state index contributed by atoms with van der Waals surface area (Å²) in [6.07, 6.45) is 1.58. The first-order valence-corrected chi connectivity index (χ1v) is 7.89. The average molecular weight is 359 g/mol. The summed E-state index contributed by atoms with van der Waals surface area (Å²) >= 11 is 1.20. The molecule has 0 amide bonds. The minimum atomic E-state index is -0.597. The van der Waals surface area contributed by atoms with Crippen LogP contribution in [0.15, 0.2) is 51.4 Å². The number of para-hydroxylation sites is 1. The van der Waals surface area contributed by atoms with Gasteiger partial charge in [0.2, 0.25) is 5.16 Å². The van der Waals surface area contributed by atoms with Gasteiger partial charge in [-0.15, -0.1) is 10.2 Å². The molecule has 0 aliphatic carbocycles. The van der Waals surface area contributed by atoms with E-state index in [0.717, 1.165) is 5.56 Å². The highest BCUT2D eigenvalue weighted by molar-refractivity contribution is 8.02. The van der Waals surface area contributed by atoms with Crippen LogP contribution < -0.4 is 10.6 Å². The van der Waals surface area contributed by atoms with Gasteiger partial charge in [0.15, 0.2) is 5.82 Å². The molecule has 9 nitrogen and oxygen atoms in total. The number of hydrogen-bond donors (Lipinski definition) is 1. The van der Waals surface area contributed by atoms with E-state index in [1.807, 2.05) is 18.2 Å². The van der Waals surface area contributed by atoms with Gasteiger partial charge in [-0.05, 0) is 29.7 Å². The van der Waals surface area contributed by atoms with Crippen LogP contribution in [-0.4, -0.2) is 26.9 Å². The van der Waals surface area contributed by atoms with Crippen LogP contribution in [0.4, 0.5) is 5.88 Å². The molecule has 0 radical (unpaired) electrons. The van der Waals surface area contributed by atoms with Crippen LogP contribution in [0.2, 0.25) is 0 Å². The van der Waals surface area contributed by atoms with Gasteiger partial charge in [-0.1, -0.05) is 23.9 Å². The Morgan fingerprint density at radius 3 is 2.84 bits per heavy atom. The zero-order valence-corrected chi connectivity index (χ0v) is 13.8. The number of benzene rings is 1. The predicted molar refractivity (Wildman–Crippen MR) is 92.4 cm³/mol. The van der Waals surface area contributed by atoms with Gasteiger partial charge in [0.1, 0.15) is 16.4 Å². The van der Waals surface area contributed by atoms with Gasteiger partial charge < -0.3 is 15.0 Å². The van der Waals surface area contributed by atoms with E-state index in [1.54, 1.807) is 24.7 Å². The lowest BCUT2D eigenvalue weighted by Gasteiger charge is -2.07. The molecule has 0 bridgehead atoms. The van der Waals surface area contributed by atoms with Crippen LogP contribution in [0.1, 0.15) is 5.76 Å². The number of hydrogen-bond acceptors (Lipinski definition) is 8. The molecule has 0 saturated carbocycles. The van der Waals surface area contributed by atoms with E-state index in [1.165, 1.54) is 28.6 Å². The van der Waals surface area contributed by atoms with Crippen molar-refractivity contribution in [3.63, 3.8) is 0 Å². The zero-order valence-electron chi connectivity index (χ0n) is 13.0. The van der Waals surface area contributed by atoms with Crippen molar-refractivity contribution >= 4 is 23.7 Å². The van der Waals surface area contributed by atoms with E-state index in [9.17, 15) is 10.1 Å². The number of thioether (sulfide) groups is 1. The summed E-state index contributed by atoms with van der Waals surface area (Å²) in [4.78, 5) is 9.98. The number of ether oxygens (including phenoxy) is 1. The van der Waals surface area contributed by atoms with Crippen LogP contribution in [0.5, 0.6) is 5.75 Å². The van der Waals surface area contributed by atoms with Crippen LogP contribution >= 0.6 is 11.8 Å². The molecule has 2 N–H and O–H groups in total. The van der Waals surface area contributed by atoms with E-state index in [4.69, 9.17) is 15.0 Å². The number of furan rings is 1. The maximum atomic E-state index is 10.6. The van der Waals surface area contributed by atoms with Crippen molar-refractivity contribution in [1.82, 2.24) is 14.9 Å². The first-order chi connectivity index (χ1) is 12.1. The van der Waals surface area contributed by atoms with Crippen molar-refractivity contribution in [2.24, 2.45) is 0 Å². The lowest BCUT2D eigenvalue weighted by Crippen LogP contribution is -2.11. The zero-order chi connectivity index (χ0) is 17.8. The van der Waals surface area contributed by atoms with Crippen molar-refractivity contribution in [2.45, 2.75) is 5.16 Å². The lowest BCUT2D eigenvalue weighted by molar-refractivity contribution is -0.402. The van der Waals surface area contributed by atoms with Crippen LogP contribution in [0.25, 0.3) is 17.5 Å². The molecule has 0 saturated heterocycles. The molecule has 0 aliphatic rings. The Hall–Kier alpha value is -3.27. The maximum absolute atomic E-state index is 10.6. The van der Waals surface area contributed by atoms with Crippen LogP contribution in [-0.2, 0) is 0 Å². The second-order valence-electron chi connectivity index (χ2n) is 4.73. The van der Waals surface area contributed by atoms with E-state index >= 15 is 0 Å². The summed E-state index contributed by atoms with van der Waals surface area (Å²) in [5, 5.41) is 20.8. The maximum Gasteiger partial charge on any atom is 0.433 e. The van der Waals surface area contributed by atoms with Crippen molar-refractivity contribution in [3.8, 4) is 17.1 Å². The third-order valence-electron chi connectivity index (χ3n) is 3.21. The monoisotopic (exact) mass is 359 g/mol. The molecule has 3 rings (SSSR count). The Morgan fingerprint density at radius 1 is 1.32 bits per heavy atom. The van der Waals surface area contributed by atoms with Gasteiger partial charge >= 0.3 is 5.88 Å². The molecule has 3 aromatic rings. The summed E-state index contributed by atoms with van der Waals surface area (Å²) in [6.45, 7) is 0. The Labute approximate surface area is 146 Å². The lowest BCUT2D eigenvalue weighted by atomic mass is 10.2. The van der Waals surface area contributed by atoms with Gasteiger partial charge in [0.05, 0.1) is 18.7 Å². The van der Waals surface area contributed by atoms with Gasteiger partial charge in [-0.3, -0.25) is 10.1 Å². The second kappa shape index (κ2) is 7.09. The molecule has 25 heavy (non-hydrogen) atoms. The molecule has 128 valence electrons. The fourth-order valence-electron chi connectivity index (χ4n) is 2.06. The van der Waals surface area contributed by atoms with Gasteiger partial charge in [-0.25, -0.2) is 4.68 Å². The molecule has 0 fully saturated rings. The standard InChI is InChI=1S/C15H13N5O4S/c1-23-12-5-3-2-4-11(12)14-17-18-15(19(14)16)25-9-8-10-6-7-13(24-10)20(21)22/h2-9H,16H2,1H3/b9-8+. The summed E-state index contributed by atoms with van der Waals surface area (Å²) in [5.41, 5.74) is 0.720. The molecular formula is C15H13N5O4S. The van der Waals surface area contributed by atoms with Gasteiger partial charge in [0, 0.05) is 0 Å². The Balaban J connectivity index is 1.77. The quantitative estimate of drug-likeness (QED) is 0.308. The van der Waals surface area contributed by atoms with Crippen LogP contribution in [0, 0.1) is 10.1 Å². The Kier molecular flexibility index (Phi) is 4.70. The van der Waals surface area contributed by atoms with E-state index in [-0.39, 0.29) is 5.88 Å². The molecule has 0 spiro atoms. The summed E-state index contributed by atoms with van der Waals surface area (Å²) < 4.78 is 11.7. The van der Waals surface area contributed by atoms with Crippen molar-refractivity contribution in [2.75, 3.05) is 13.0 Å². The topological polar surface area (TPSA) is 122 Å². The van der Waals surface area contributed by atoms with E-state index < -0.39 is 4.92 Å². The third kappa shape index (κ3) is 3.48. The Bertz CT molecular complexity index is 934. The summed E-state index contributed by atoms with van der Waals surface area (Å²) in [7, 11) is 1.57. The Morgan fingerprint density at radius 2 is 2.12 bits per heavy atom. The third-order valence-corrected chi connectivity index (χ3v) is 3.97. The number of nitro groups is 1. The van der Waals surface area contributed by atoms with Gasteiger partial charge in [0.25, 0.3) is 0 Å². The minimum absolute atomic E-state index is 0.315. The molecule has 10 heteroatoms. The molecule has 1 aromatic carbocycles. The smallest absolute Gasteiger partial charge is 0.433 e. The first kappa shape index (κ1) is 16.6. The average Bonchev–Trinajstić information content (AvgIpc) is 3.23. The number of nitrogens with two attached hydrogens (primary N) is 1. The fourth-order valence-corrected chi connectivity index (χ4v) is 2.67. The number of rotatable bonds is 6. The predicted octanol–water partition coefficient (Wildman–Crippen LogP) is 2.93.